The Morgan fingerprint density at radius 1 is 1.22 bits per heavy atom. The summed E-state index contributed by atoms with van der Waals surface area (Å²) < 4.78 is 10.3. The van der Waals surface area contributed by atoms with Crippen LogP contribution in [0.5, 0.6) is 0 Å². The van der Waals surface area contributed by atoms with E-state index in [1.165, 1.54) is 45.6 Å². The van der Waals surface area contributed by atoms with Crippen molar-refractivity contribution in [1.82, 2.24) is 5.32 Å². The molecular formula is C14H25NO3. The van der Waals surface area contributed by atoms with Crippen LogP contribution in [0.15, 0.2) is 0 Å². The molecule has 1 aliphatic heterocycles. The van der Waals surface area contributed by atoms with Crippen molar-refractivity contribution in [3.63, 3.8) is 0 Å². The number of hydrogen-bond donors (Lipinski definition) is 1. The number of carbonyl (C=O) groups is 1. The van der Waals surface area contributed by atoms with Crippen LogP contribution in [-0.4, -0.2) is 38.4 Å². The zero-order valence-corrected chi connectivity index (χ0v) is 11.3. The molecule has 0 aromatic heterocycles. The molecule has 0 spiro atoms. The molecule has 0 amide bonds. The van der Waals surface area contributed by atoms with E-state index in [1.807, 2.05) is 0 Å². The van der Waals surface area contributed by atoms with E-state index in [4.69, 9.17) is 9.47 Å². The Bertz CT molecular complexity index is 256. The van der Waals surface area contributed by atoms with Crippen LogP contribution in [-0.2, 0) is 14.3 Å². The van der Waals surface area contributed by atoms with Crippen LogP contribution in [0.25, 0.3) is 0 Å². The summed E-state index contributed by atoms with van der Waals surface area (Å²) in [6.07, 6.45) is 8.52. The largest absolute Gasteiger partial charge is 0.468 e. The number of nitrogens with one attached hydrogen (secondary N) is 1. The standard InChI is InChI=1S/C14H25NO3/c1-17-14(16)13(11-8-9-18-10-11)15-12-6-4-2-3-5-7-12/h11-13,15H,2-10H2,1H3. The van der Waals surface area contributed by atoms with Gasteiger partial charge in [-0.15, -0.1) is 0 Å². The highest BCUT2D eigenvalue weighted by molar-refractivity contribution is 5.76. The van der Waals surface area contributed by atoms with Gasteiger partial charge in [-0.2, -0.15) is 0 Å². The molecule has 2 rings (SSSR count). The average Bonchev–Trinajstić information content (AvgIpc) is 2.79. The quantitative estimate of drug-likeness (QED) is 0.615. The van der Waals surface area contributed by atoms with E-state index in [9.17, 15) is 4.79 Å². The van der Waals surface area contributed by atoms with Crippen LogP contribution in [0.1, 0.15) is 44.9 Å². The van der Waals surface area contributed by atoms with Crippen molar-refractivity contribution in [3.8, 4) is 0 Å². The molecule has 4 nitrogen and oxygen atoms in total. The van der Waals surface area contributed by atoms with Gasteiger partial charge in [-0.05, 0) is 19.3 Å². The van der Waals surface area contributed by atoms with Gasteiger partial charge in [0.1, 0.15) is 6.04 Å². The topological polar surface area (TPSA) is 47.6 Å². The van der Waals surface area contributed by atoms with Crippen LogP contribution < -0.4 is 5.32 Å². The fourth-order valence-electron chi connectivity index (χ4n) is 3.04. The number of rotatable bonds is 4. The van der Waals surface area contributed by atoms with E-state index in [-0.39, 0.29) is 17.9 Å². The molecule has 0 aromatic carbocycles. The van der Waals surface area contributed by atoms with E-state index in [2.05, 4.69) is 5.32 Å². The molecule has 4 heteroatoms. The SMILES string of the molecule is COC(=O)C(NC1CCCCCC1)C1CCOC1. The monoisotopic (exact) mass is 255 g/mol. The number of hydrogen-bond acceptors (Lipinski definition) is 4. The zero-order valence-electron chi connectivity index (χ0n) is 11.3. The third-order valence-corrected chi connectivity index (χ3v) is 4.16. The Hall–Kier alpha value is -0.610. The summed E-state index contributed by atoms with van der Waals surface area (Å²) >= 11 is 0. The molecule has 1 aliphatic carbocycles. The normalized spacial score (nSPS) is 27.7. The Labute approximate surface area is 109 Å². The van der Waals surface area contributed by atoms with Crippen molar-refractivity contribution < 1.29 is 14.3 Å². The molecule has 1 saturated heterocycles. The summed E-state index contributed by atoms with van der Waals surface area (Å²) in [5.74, 6) is 0.149. The fourth-order valence-corrected chi connectivity index (χ4v) is 3.04. The summed E-state index contributed by atoms with van der Waals surface area (Å²) in [5, 5.41) is 3.53. The highest BCUT2D eigenvalue weighted by Crippen LogP contribution is 2.22. The van der Waals surface area contributed by atoms with E-state index >= 15 is 0 Å². The number of ether oxygens (including phenoxy) is 2. The van der Waals surface area contributed by atoms with Gasteiger partial charge in [-0.1, -0.05) is 25.7 Å². The molecule has 2 atom stereocenters. The van der Waals surface area contributed by atoms with Crippen LogP contribution in [0.2, 0.25) is 0 Å². The maximum atomic E-state index is 11.9. The molecule has 1 heterocycles. The van der Waals surface area contributed by atoms with E-state index in [0.717, 1.165) is 13.0 Å². The molecule has 0 radical (unpaired) electrons. The second-order valence-electron chi connectivity index (χ2n) is 5.48. The summed E-state index contributed by atoms with van der Waals surface area (Å²) in [6, 6.07) is 0.290. The molecular weight excluding hydrogens is 230 g/mol. The van der Waals surface area contributed by atoms with Gasteiger partial charge in [0.25, 0.3) is 0 Å². The molecule has 2 unspecified atom stereocenters. The minimum absolute atomic E-state index is 0.130. The van der Waals surface area contributed by atoms with Gasteiger partial charge in [0.15, 0.2) is 0 Å². The minimum atomic E-state index is -0.180. The Morgan fingerprint density at radius 3 is 2.50 bits per heavy atom. The first kappa shape index (κ1) is 13.8. The van der Waals surface area contributed by atoms with Crippen molar-refractivity contribution in [2.75, 3.05) is 20.3 Å². The molecule has 0 aromatic rings. The molecule has 104 valence electrons. The predicted octanol–water partition coefficient (Wildman–Crippen LogP) is 1.88. The van der Waals surface area contributed by atoms with Crippen LogP contribution in [0.3, 0.4) is 0 Å². The van der Waals surface area contributed by atoms with Crippen molar-refractivity contribution in [2.45, 2.75) is 57.0 Å². The highest BCUT2D eigenvalue weighted by Gasteiger charge is 2.33. The minimum Gasteiger partial charge on any atom is -0.468 e. The average molecular weight is 255 g/mol. The third kappa shape index (κ3) is 3.69. The lowest BCUT2D eigenvalue weighted by atomic mass is 9.97. The Balaban J connectivity index is 1.92. The first-order valence-corrected chi connectivity index (χ1v) is 7.23. The number of carbonyl (C=O) groups excluding carboxylic acids is 1. The van der Waals surface area contributed by atoms with Gasteiger partial charge in [-0.25, -0.2) is 0 Å². The Kier molecular flexibility index (Phi) is 5.45. The van der Waals surface area contributed by atoms with E-state index in [1.54, 1.807) is 0 Å². The fraction of sp³-hybridized carbons (Fsp3) is 0.929. The highest BCUT2D eigenvalue weighted by atomic mass is 16.5. The molecule has 0 bridgehead atoms. The van der Waals surface area contributed by atoms with Gasteiger partial charge < -0.3 is 14.8 Å². The first-order chi connectivity index (χ1) is 8.81. The van der Waals surface area contributed by atoms with Crippen molar-refractivity contribution >= 4 is 5.97 Å². The van der Waals surface area contributed by atoms with Crippen LogP contribution in [0.4, 0.5) is 0 Å². The third-order valence-electron chi connectivity index (χ3n) is 4.16. The van der Waals surface area contributed by atoms with Crippen molar-refractivity contribution in [1.29, 1.82) is 0 Å². The molecule has 1 saturated carbocycles. The lowest BCUT2D eigenvalue weighted by molar-refractivity contribution is -0.145. The van der Waals surface area contributed by atoms with Crippen molar-refractivity contribution in [3.05, 3.63) is 0 Å². The van der Waals surface area contributed by atoms with Gasteiger partial charge in [0.05, 0.1) is 13.7 Å². The van der Waals surface area contributed by atoms with Gasteiger partial charge in [0, 0.05) is 18.6 Å². The molecule has 2 aliphatic rings. The second kappa shape index (κ2) is 7.10. The lowest BCUT2D eigenvalue weighted by Crippen LogP contribution is -2.48. The smallest absolute Gasteiger partial charge is 0.323 e. The van der Waals surface area contributed by atoms with Gasteiger partial charge in [-0.3, -0.25) is 4.79 Å². The first-order valence-electron chi connectivity index (χ1n) is 7.23. The molecule has 18 heavy (non-hydrogen) atoms. The zero-order chi connectivity index (χ0) is 12.8. The van der Waals surface area contributed by atoms with Crippen LogP contribution in [0, 0.1) is 5.92 Å². The van der Waals surface area contributed by atoms with E-state index < -0.39 is 0 Å². The Morgan fingerprint density at radius 2 is 1.94 bits per heavy atom. The maximum absolute atomic E-state index is 11.9. The maximum Gasteiger partial charge on any atom is 0.323 e. The number of esters is 1. The van der Waals surface area contributed by atoms with Crippen molar-refractivity contribution in [2.24, 2.45) is 5.92 Å². The second-order valence-corrected chi connectivity index (χ2v) is 5.48. The summed E-state index contributed by atoms with van der Waals surface area (Å²) in [4.78, 5) is 11.9. The van der Waals surface area contributed by atoms with Gasteiger partial charge >= 0.3 is 5.97 Å². The summed E-state index contributed by atoms with van der Waals surface area (Å²) in [6.45, 7) is 1.45. The van der Waals surface area contributed by atoms with Crippen LogP contribution >= 0.6 is 0 Å². The number of methoxy groups -OCH3 is 1. The summed E-state index contributed by atoms with van der Waals surface area (Å²) in [5.41, 5.74) is 0. The molecule has 2 fully saturated rings. The van der Waals surface area contributed by atoms with Gasteiger partial charge in [0.2, 0.25) is 0 Å². The van der Waals surface area contributed by atoms with E-state index in [0.29, 0.717) is 12.6 Å². The molecule has 1 N–H and O–H groups in total. The summed E-state index contributed by atoms with van der Waals surface area (Å²) in [7, 11) is 1.47. The lowest BCUT2D eigenvalue weighted by Gasteiger charge is -2.26. The predicted molar refractivity (Wildman–Crippen MR) is 69.4 cm³/mol.